The van der Waals surface area contributed by atoms with Crippen LogP contribution in [0.4, 0.5) is 17.2 Å². The molecule has 0 amide bonds. The molecule has 176 valence electrons. The molecule has 1 aliphatic heterocycles. The lowest BCUT2D eigenvalue weighted by Crippen LogP contribution is -2.33. The summed E-state index contributed by atoms with van der Waals surface area (Å²) in [6.07, 6.45) is -1.42. The van der Waals surface area contributed by atoms with Crippen LogP contribution < -0.4 is 5.73 Å². The lowest BCUT2D eigenvalue weighted by Gasteiger charge is -2.16. The van der Waals surface area contributed by atoms with Crippen LogP contribution in [0, 0.1) is 27.2 Å². The van der Waals surface area contributed by atoms with Gasteiger partial charge in [-0.1, -0.05) is 0 Å². The van der Waals surface area contributed by atoms with Gasteiger partial charge in [-0.2, -0.15) is 0 Å². The molecule has 0 radical (unpaired) electrons. The first-order valence-electron chi connectivity index (χ1n) is 9.24. The highest BCUT2D eigenvalue weighted by Gasteiger charge is 2.44. The molecular weight excluding hydrogens is 446 g/mol. The number of aliphatic hydroxyl groups excluding tert-OH is 3. The summed E-state index contributed by atoms with van der Waals surface area (Å²) in [6.45, 7) is 0.966. The second-order valence-corrected chi connectivity index (χ2v) is 6.96. The van der Waals surface area contributed by atoms with Crippen LogP contribution >= 0.6 is 0 Å². The molecular formula is C17H19N7O9. The number of fused-ring (bicyclic) bond motifs is 1. The molecule has 16 nitrogen and oxygen atoms in total. The van der Waals surface area contributed by atoms with Gasteiger partial charge >= 0.3 is 5.69 Å². The van der Waals surface area contributed by atoms with Crippen molar-refractivity contribution >= 4 is 28.4 Å². The number of hydrogen-bond donors (Lipinski definition) is 5. The Morgan fingerprint density at radius 2 is 1.85 bits per heavy atom. The van der Waals surface area contributed by atoms with Gasteiger partial charge < -0.3 is 30.9 Å². The van der Waals surface area contributed by atoms with Gasteiger partial charge in [0.15, 0.2) is 23.4 Å². The van der Waals surface area contributed by atoms with Crippen LogP contribution in [-0.4, -0.2) is 74.7 Å². The molecule has 33 heavy (non-hydrogen) atoms. The number of nitrogen functional groups attached to an aromatic ring is 1. The molecule has 4 atom stereocenters. The highest BCUT2D eigenvalue weighted by molar-refractivity contribution is 5.81. The highest BCUT2D eigenvalue weighted by Crippen LogP contribution is 2.33. The molecule has 0 aliphatic carbocycles. The smallest absolute Gasteiger partial charge is 0.317 e. The Kier molecular flexibility index (Phi) is 6.63. The number of benzene rings is 1. The molecule has 3 aromatic rings. The molecule has 1 aliphatic rings. The average Bonchev–Trinajstić information content (AvgIpc) is 3.32. The molecule has 1 aromatic carbocycles. The summed E-state index contributed by atoms with van der Waals surface area (Å²) < 4.78 is 6.85. The fourth-order valence-corrected chi connectivity index (χ4v) is 3.15. The summed E-state index contributed by atoms with van der Waals surface area (Å²) in [4.78, 5) is 31.0. The van der Waals surface area contributed by atoms with Crippen molar-refractivity contribution in [1.29, 1.82) is 0 Å². The number of hydrogen-bond acceptors (Lipinski definition) is 13. The van der Waals surface area contributed by atoms with Crippen molar-refractivity contribution in [2.24, 2.45) is 0 Å². The first-order valence-corrected chi connectivity index (χ1v) is 9.24. The van der Waals surface area contributed by atoms with Crippen LogP contribution in [0.3, 0.4) is 0 Å². The number of non-ortho nitro benzene ring substituents is 1. The number of nitro benzene ring substituents is 2. The van der Waals surface area contributed by atoms with Crippen LogP contribution in [0.1, 0.15) is 11.8 Å². The monoisotopic (exact) mass is 465 g/mol. The van der Waals surface area contributed by atoms with Crippen LogP contribution in [0.25, 0.3) is 11.2 Å². The quantitative estimate of drug-likeness (QED) is 0.242. The molecule has 1 fully saturated rings. The van der Waals surface area contributed by atoms with Crippen molar-refractivity contribution < 1.29 is 35.0 Å². The lowest BCUT2D eigenvalue weighted by molar-refractivity contribution is -0.394. The zero-order valence-electron chi connectivity index (χ0n) is 16.9. The van der Waals surface area contributed by atoms with Crippen molar-refractivity contribution in [1.82, 2.24) is 19.5 Å². The van der Waals surface area contributed by atoms with Crippen LogP contribution in [0.5, 0.6) is 5.75 Å². The van der Waals surface area contributed by atoms with E-state index in [0.29, 0.717) is 11.2 Å². The fourth-order valence-electron chi connectivity index (χ4n) is 3.15. The molecule has 0 unspecified atom stereocenters. The van der Waals surface area contributed by atoms with Crippen LogP contribution in [-0.2, 0) is 4.74 Å². The van der Waals surface area contributed by atoms with Gasteiger partial charge in [-0.3, -0.25) is 24.8 Å². The van der Waals surface area contributed by atoms with E-state index in [-0.39, 0.29) is 11.4 Å². The maximum Gasteiger partial charge on any atom is 0.317 e. The summed E-state index contributed by atoms with van der Waals surface area (Å²) in [6, 6.07) is 1.80. The predicted octanol–water partition coefficient (Wildman–Crippen LogP) is -0.463. The minimum atomic E-state index is -1.19. The van der Waals surface area contributed by atoms with E-state index in [0.717, 1.165) is 12.1 Å². The number of rotatable bonds is 4. The zero-order valence-corrected chi connectivity index (χ0v) is 16.9. The van der Waals surface area contributed by atoms with Crippen LogP contribution in [0.2, 0.25) is 0 Å². The molecule has 0 saturated carbocycles. The number of aryl methyl sites for hydroxylation is 1. The fraction of sp³-hybridized carbons (Fsp3) is 0.353. The number of nitrogens with zero attached hydrogens (tertiary/aromatic N) is 6. The second-order valence-electron chi connectivity index (χ2n) is 6.96. The molecule has 4 rings (SSSR count). The number of phenols is 1. The Morgan fingerprint density at radius 1 is 1.15 bits per heavy atom. The van der Waals surface area contributed by atoms with Gasteiger partial charge in [0.25, 0.3) is 5.69 Å². The maximum absolute atomic E-state index is 10.4. The number of phenolic OH excluding ortho intramolecular Hbond substituents is 1. The third-order valence-corrected chi connectivity index (χ3v) is 4.85. The molecule has 3 heterocycles. The number of ether oxygens (including phenoxy) is 1. The van der Waals surface area contributed by atoms with Gasteiger partial charge in [-0.05, 0) is 6.92 Å². The largest absolute Gasteiger partial charge is 0.502 e. The van der Waals surface area contributed by atoms with E-state index in [9.17, 15) is 35.5 Å². The van der Waals surface area contributed by atoms with Crippen molar-refractivity contribution in [3.8, 4) is 5.75 Å². The van der Waals surface area contributed by atoms with E-state index in [1.54, 1.807) is 0 Å². The number of nitrogens with two attached hydrogens (primary N) is 1. The van der Waals surface area contributed by atoms with Crippen LogP contribution in [0.15, 0.2) is 24.8 Å². The SMILES string of the molecule is Cc1cc([N+](=O)[O-])cc([N+](=O)[O-])c1O.Nc1ncnc2c1ncn2[C@@H]1O[C@H](CO)[C@@H](O)[C@H]1O. The van der Waals surface area contributed by atoms with Gasteiger partial charge in [0, 0.05) is 11.6 Å². The summed E-state index contributed by atoms with van der Waals surface area (Å²) in [5, 5.41) is 58.7. The number of anilines is 1. The van der Waals surface area contributed by atoms with Gasteiger partial charge in [0.1, 0.15) is 30.2 Å². The van der Waals surface area contributed by atoms with E-state index in [1.807, 2.05) is 0 Å². The molecule has 2 aromatic heterocycles. The van der Waals surface area contributed by atoms with Crippen molar-refractivity contribution in [2.45, 2.75) is 31.5 Å². The first-order chi connectivity index (χ1) is 15.6. The van der Waals surface area contributed by atoms with E-state index in [1.165, 1.54) is 24.1 Å². The van der Waals surface area contributed by atoms with Crippen molar-refractivity contribution in [3.05, 3.63) is 50.6 Å². The number of imidazole rings is 1. The Morgan fingerprint density at radius 3 is 2.42 bits per heavy atom. The van der Waals surface area contributed by atoms with Gasteiger partial charge in [0.2, 0.25) is 0 Å². The normalized spacial score (nSPS) is 22.1. The van der Waals surface area contributed by atoms with Gasteiger partial charge in [-0.25, -0.2) is 15.0 Å². The minimum Gasteiger partial charge on any atom is -0.502 e. The van der Waals surface area contributed by atoms with E-state index in [4.69, 9.17) is 15.6 Å². The van der Waals surface area contributed by atoms with Crippen molar-refractivity contribution in [3.63, 3.8) is 0 Å². The Bertz CT molecular complexity index is 1200. The Balaban J connectivity index is 0.000000196. The van der Waals surface area contributed by atoms with E-state index >= 15 is 0 Å². The highest BCUT2D eigenvalue weighted by atomic mass is 16.6. The third kappa shape index (κ3) is 4.48. The standard InChI is InChI=1S/C10H13N5O4.C7H6N2O5/c11-8-5-9(13-2-12-8)15(3-14-5)10-7(18)6(17)4(1-16)19-10;1-4-2-5(8(11)12)3-6(7(4)10)9(13)14/h2-4,6-7,10,16-18H,1H2,(H2,11,12,13);2-3,10H,1H3/t4-,6-,7-,10-;/m1./s1. The topological polar surface area (TPSA) is 246 Å². The number of aromatic nitrogens is 4. The number of aliphatic hydroxyl groups is 3. The summed E-state index contributed by atoms with van der Waals surface area (Å²) >= 11 is 0. The van der Waals surface area contributed by atoms with Crippen molar-refractivity contribution in [2.75, 3.05) is 12.3 Å². The second kappa shape index (κ2) is 9.25. The molecule has 6 N–H and O–H groups in total. The lowest BCUT2D eigenvalue weighted by atomic mass is 10.1. The third-order valence-electron chi connectivity index (χ3n) is 4.85. The van der Waals surface area contributed by atoms with E-state index < -0.39 is 58.1 Å². The predicted molar refractivity (Wildman–Crippen MR) is 109 cm³/mol. The number of nitro groups is 2. The van der Waals surface area contributed by atoms with Gasteiger partial charge in [0.05, 0.1) is 28.8 Å². The summed E-state index contributed by atoms with van der Waals surface area (Å²) in [5.41, 5.74) is 5.48. The molecule has 1 saturated heterocycles. The van der Waals surface area contributed by atoms with Gasteiger partial charge in [-0.15, -0.1) is 0 Å². The molecule has 16 heteroatoms. The Hall–Kier alpha value is -3.99. The van der Waals surface area contributed by atoms with E-state index in [2.05, 4.69) is 15.0 Å². The Labute approximate surface area is 183 Å². The summed E-state index contributed by atoms with van der Waals surface area (Å²) in [5.74, 6) is -0.323. The molecule has 0 bridgehead atoms. The zero-order chi connectivity index (χ0) is 24.4. The number of aromatic hydroxyl groups is 1. The molecule has 0 spiro atoms. The maximum atomic E-state index is 10.4. The minimum absolute atomic E-state index is 0.103. The first kappa shape index (κ1) is 23.7. The summed E-state index contributed by atoms with van der Waals surface area (Å²) in [7, 11) is 0. The average molecular weight is 465 g/mol.